The number of benzene rings is 1. The molecule has 1 fully saturated rings. The van der Waals surface area contributed by atoms with Crippen LogP contribution >= 0.6 is 11.6 Å². The summed E-state index contributed by atoms with van der Waals surface area (Å²) in [5.41, 5.74) is 0.545. The summed E-state index contributed by atoms with van der Waals surface area (Å²) in [5, 5.41) is 3.31. The lowest BCUT2D eigenvalue weighted by molar-refractivity contribution is 0.0638. The van der Waals surface area contributed by atoms with Crippen molar-refractivity contribution in [2.45, 2.75) is 0 Å². The maximum Gasteiger partial charge on any atom is 0.287 e. The van der Waals surface area contributed by atoms with E-state index >= 15 is 0 Å². The molecule has 7 heteroatoms. The molecule has 1 aromatic heterocycles. The first kappa shape index (κ1) is 17.5. The van der Waals surface area contributed by atoms with Crippen molar-refractivity contribution in [3.05, 3.63) is 59.0 Å². The number of carbonyl (C=O) groups is 2. The Morgan fingerprint density at radius 1 is 1.08 bits per heavy atom. The Balaban J connectivity index is 1.42. The lowest BCUT2D eigenvalue weighted by Gasteiger charge is -2.34. The van der Waals surface area contributed by atoms with Crippen molar-refractivity contribution in [3.8, 4) is 0 Å². The third-order valence-electron chi connectivity index (χ3n) is 4.22. The molecular weight excluding hydrogens is 342 g/mol. The van der Waals surface area contributed by atoms with E-state index in [1.54, 1.807) is 24.3 Å². The van der Waals surface area contributed by atoms with Gasteiger partial charge in [0.15, 0.2) is 5.76 Å². The normalized spacial score (nSPS) is 15.2. The van der Waals surface area contributed by atoms with Gasteiger partial charge >= 0.3 is 0 Å². The second-order valence-electron chi connectivity index (χ2n) is 5.85. The van der Waals surface area contributed by atoms with Crippen molar-refractivity contribution in [3.63, 3.8) is 0 Å². The first-order chi connectivity index (χ1) is 12.1. The molecule has 1 aliphatic heterocycles. The molecule has 1 aliphatic rings. The van der Waals surface area contributed by atoms with Gasteiger partial charge in [0.25, 0.3) is 11.8 Å². The van der Waals surface area contributed by atoms with Crippen LogP contribution in [0.2, 0.25) is 5.02 Å². The van der Waals surface area contributed by atoms with Gasteiger partial charge < -0.3 is 14.6 Å². The molecule has 0 spiro atoms. The van der Waals surface area contributed by atoms with Gasteiger partial charge in [-0.3, -0.25) is 14.5 Å². The molecule has 132 valence electrons. The summed E-state index contributed by atoms with van der Waals surface area (Å²) >= 11 is 6.10. The fourth-order valence-corrected chi connectivity index (χ4v) is 3.02. The number of amides is 2. The number of hydrogen-bond acceptors (Lipinski definition) is 4. The molecule has 6 nitrogen and oxygen atoms in total. The molecule has 0 unspecified atom stereocenters. The van der Waals surface area contributed by atoms with Crippen LogP contribution in [0.15, 0.2) is 47.1 Å². The number of furan rings is 1. The predicted octanol–water partition coefficient (Wildman–Crippen LogP) is 2.12. The molecule has 1 aromatic carbocycles. The number of nitrogens with one attached hydrogen (secondary N) is 1. The van der Waals surface area contributed by atoms with E-state index in [4.69, 9.17) is 16.0 Å². The van der Waals surface area contributed by atoms with Crippen molar-refractivity contribution in [1.82, 2.24) is 15.1 Å². The smallest absolute Gasteiger partial charge is 0.287 e. The first-order valence-corrected chi connectivity index (χ1v) is 8.61. The molecule has 0 radical (unpaired) electrons. The van der Waals surface area contributed by atoms with Crippen molar-refractivity contribution in [2.24, 2.45) is 0 Å². The summed E-state index contributed by atoms with van der Waals surface area (Å²) in [5.74, 6) is 0.0732. The van der Waals surface area contributed by atoms with E-state index in [0.29, 0.717) is 36.0 Å². The molecule has 25 heavy (non-hydrogen) atoms. The highest BCUT2D eigenvalue weighted by atomic mass is 35.5. The van der Waals surface area contributed by atoms with Crippen molar-refractivity contribution in [1.29, 1.82) is 0 Å². The Hall–Kier alpha value is -2.31. The maximum absolute atomic E-state index is 12.5. The zero-order chi connectivity index (χ0) is 17.6. The SMILES string of the molecule is O=C(NCCN1CCN(C(=O)c2ccccc2Cl)CC1)c1ccco1. The maximum atomic E-state index is 12.5. The van der Waals surface area contributed by atoms with Crippen LogP contribution in [-0.4, -0.2) is 60.9 Å². The Kier molecular flexibility index (Phi) is 5.73. The van der Waals surface area contributed by atoms with E-state index in [9.17, 15) is 9.59 Å². The second-order valence-corrected chi connectivity index (χ2v) is 6.25. The quantitative estimate of drug-likeness (QED) is 0.886. The van der Waals surface area contributed by atoms with Gasteiger partial charge in [0.2, 0.25) is 0 Å². The van der Waals surface area contributed by atoms with Gasteiger partial charge in [0.1, 0.15) is 0 Å². The highest BCUT2D eigenvalue weighted by Gasteiger charge is 2.23. The van der Waals surface area contributed by atoms with Gasteiger partial charge in [0.05, 0.1) is 16.8 Å². The fourth-order valence-electron chi connectivity index (χ4n) is 2.80. The van der Waals surface area contributed by atoms with E-state index < -0.39 is 0 Å². The van der Waals surface area contributed by atoms with Gasteiger partial charge in [-0.15, -0.1) is 0 Å². The van der Waals surface area contributed by atoms with E-state index in [2.05, 4.69) is 10.2 Å². The molecule has 2 amide bonds. The van der Waals surface area contributed by atoms with Crippen molar-refractivity contribution in [2.75, 3.05) is 39.3 Å². The average molecular weight is 362 g/mol. The minimum atomic E-state index is -0.211. The minimum absolute atomic E-state index is 0.0311. The molecule has 1 saturated heterocycles. The summed E-state index contributed by atoms with van der Waals surface area (Å²) in [6.07, 6.45) is 1.48. The average Bonchev–Trinajstić information content (AvgIpc) is 3.17. The molecule has 3 rings (SSSR count). The Morgan fingerprint density at radius 3 is 2.52 bits per heavy atom. The number of carbonyl (C=O) groups excluding carboxylic acids is 2. The van der Waals surface area contributed by atoms with Gasteiger partial charge in [0, 0.05) is 39.3 Å². The van der Waals surface area contributed by atoms with Crippen molar-refractivity contribution >= 4 is 23.4 Å². The van der Waals surface area contributed by atoms with Gasteiger partial charge in [-0.25, -0.2) is 0 Å². The molecule has 0 aliphatic carbocycles. The van der Waals surface area contributed by atoms with E-state index in [1.165, 1.54) is 6.26 Å². The topological polar surface area (TPSA) is 65.8 Å². The number of rotatable bonds is 5. The second kappa shape index (κ2) is 8.18. The summed E-state index contributed by atoms with van der Waals surface area (Å²) < 4.78 is 5.05. The molecule has 0 bridgehead atoms. The molecule has 0 saturated carbocycles. The van der Waals surface area contributed by atoms with Crippen LogP contribution in [0, 0.1) is 0 Å². The standard InChI is InChI=1S/C18H20ClN3O3/c19-15-5-2-1-4-14(15)18(24)22-11-9-21(10-12-22)8-7-20-17(23)16-6-3-13-25-16/h1-6,13H,7-12H2,(H,20,23). The summed E-state index contributed by atoms with van der Waals surface area (Å²) in [4.78, 5) is 28.3. The minimum Gasteiger partial charge on any atom is -0.459 e. The highest BCUT2D eigenvalue weighted by Crippen LogP contribution is 2.18. The number of piperazine rings is 1. The fraction of sp³-hybridized carbons (Fsp3) is 0.333. The lowest BCUT2D eigenvalue weighted by atomic mass is 10.2. The van der Waals surface area contributed by atoms with E-state index in [-0.39, 0.29) is 11.8 Å². The first-order valence-electron chi connectivity index (χ1n) is 8.23. The third kappa shape index (κ3) is 4.41. The van der Waals surface area contributed by atoms with Crippen LogP contribution in [0.4, 0.5) is 0 Å². The third-order valence-corrected chi connectivity index (χ3v) is 4.55. The van der Waals surface area contributed by atoms with Crippen molar-refractivity contribution < 1.29 is 14.0 Å². The van der Waals surface area contributed by atoms with Crippen LogP contribution in [0.1, 0.15) is 20.9 Å². The zero-order valence-corrected chi connectivity index (χ0v) is 14.5. The molecule has 2 aromatic rings. The van der Waals surface area contributed by atoms with Crippen LogP contribution in [-0.2, 0) is 0 Å². The number of nitrogens with zero attached hydrogens (tertiary/aromatic N) is 2. The Bertz CT molecular complexity index is 725. The highest BCUT2D eigenvalue weighted by molar-refractivity contribution is 6.33. The summed E-state index contributed by atoms with van der Waals surface area (Å²) in [6.45, 7) is 4.12. The molecule has 1 N–H and O–H groups in total. The molecular formula is C18H20ClN3O3. The predicted molar refractivity (Wildman–Crippen MR) is 94.8 cm³/mol. The largest absolute Gasteiger partial charge is 0.459 e. The van der Waals surface area contributed by atoms with Crippen LogP contribution in [0.3, 0.4) is 0 Å². The van der Waals surface area contributed by atoms with Crippen LogP contribution in [0.5, 0.6) is 0 Å². The molecule has 2 heterocycles. The molecule has 0 atom stereocenters. The van der Waals surface area contributed by atoms with E-state index in [0.717, 1.165) is 19.6 Å². The number of halogens is 1. The van der Waals surface area contributed by atoms with Gasteiger partial charge in [-0.1, -0.05) is 23.7 Å². The number of hydrogen-bond donors (Lipinski definition) is 1. The van der Waals surface area contributed by atoms with Gasteiger partial charge in [-0.05, 0) is 24.3 Å². The van der Waals surface area contributed by atoms with Crippen LogP contribution < -0.4 is 5.32 Å². The lowest BCUT2D eigenvalue weighted by Crippen LogP contribution is -2.50. The Labute approximate surface area is 151 Å². The monoisotopic (exact) mass is 361 g/mol. The van der Waals surface area contributed by atoms with Gasteiger partial charge in [-0.2, -0.15) is 0 Å². The van der Waals surface area contributed by atoms with Crippen LogP contribution in [0.25, 0.3) is 0 Å². The summed E-state index contributed by atoms with van der Waals surface area (Å²) in [7, 11) is 0. The zero-order valence-electron chi connectivity index (χ0n) is 13.8. The Morgan fingerprint density at radius 2 is 1.84 bits per heavy atom. The summed E-state index contributed by atoms with van der Waals surface area (Å²) in [6, 6.07) is 10.4. The van der Waals surface area contributed by atoms with E-state index in [1.807, 2.05) is 17.0 Å².